The van der Waals surface area contributed by atoms with E-state index in [0.29, 0.717) is 29.5 Å². The monoisotopic (exact) mass is 1150 g/mol. The third-order valence-corrected chi connectivity index (χ3v) is 13.8. The minimum absolute atomic E-state index is 0.0382. The molecule has 1 fully saturated rings. The van der Waals surface area contributed by atoms with Crippen LogP contribution in [-0.4, -0.2) is 181 Å². The van der Waals surface area contributed by atoms with Gasteiger partial charge in [-0.2, -0.15) is 0 Å². The second kappa shape index (κ2) is 32.1. The van der Waals surface area contributed by atoms with Gasteiger partial charge in [0.1, 0.15) is 59.8 Å². The van der Waals surface area contributed by atoms with E-state index in [1.807, 2.05) is 0 Å². The predicted molar refractivity (Wildman–Crippen MR) is 297 cm³/mol. The van der Waals surface area contributed by atoms with Gasteiger partial charge in [0.15, 0.2) is 5.96 Å². The summed E-state index contributed by atoms with van der Waals surface area (Å²) in [7, 11) is 0. The van der Waals surface area contributed by atoms with E-state index in [1.165, 1.54) is 67.3 Å². The molecule has 27 heteroatoms. The fourth-order valence-corrected chi connectivity index (χ4v) is 8.88. The summed E-state index contributed by atoms with van der Waals surface area (Å²) in [6, 6.07) is 6.26. The highest BCUT2D eigenvalue weighted by Gasteiger charge is 2.41. The van der Waals surface area contributed by atoms with E-state index in [1.54, 1.807) is 44.2 Å². The highest BCUT2D eigenvalue weighted by Crippen LogP contribution is 2.22. The van der Waals surface area contributed by atoms with Crippen molar-refractivity contribution in [2.24, 2.45) is 28.1 Å². The fraction of sp³-hybridized carbons (Fsp3) is 0.491. The first-order valence-corrected chi connectivity index (χ1v) is 26.9. The highest BCUT2D eigenvalue weighted by molar-refractivity contribution is 5.98. The van der Waals surface area contributed by atoms with Crippen molar-refractivity contribution in [3.8, 4) is 11.5 Å². The zero-order valence-electron chi connectivity index (χ0n) is 46.2. The number of benzene rings is 3. The molecule has 0 bridgehead atoms. The number of aliphatic carboxylic acids is 1. The molecule has 4 rings (SSSR count). The molecule has 1 aliphatic heterocycles. The number of carbonyl (C=O) groups excluding carboxylic acids is 8. The molecule has 0 radical (unpaired) electrons. The number of aliphatic hydroxyl groups is 3. The van der Waals surface area contributed by atoms with Crippen LogP contribution >= 0.6 is 0 Å². The quantitative estimate of drug-likeness (QED) is 0.0171. The minimum Gasteiger partial charge on any atom is -0.508 e. The number of aromatic hydroxyl groups is 2. The number of carboxylic acid groups (broad SMARTS) is 1. The second-order valence-corrected chi connectivity index (χ2v) is 20.3. The van der Waals surface area contributed by atoms with Crippen molar-refractivity contribution in [1.29, 1.82) is 0 Å². The van der Waals surface area contributed by atoms with E-state index in [0.717, 1.165) is 0 Å². The summed E-state index contributed by atoms with van der Waals surface area (Å²) in [4.78, 5) is 129. The first kappa shape index (κ1) is 66.1. The molecule has 448 valence electrons. The smallest absolute Gasteiger partial charge is 0.326 e. The van der Waals surface area contributed by atoms with Crippen molar-refractivity contribution in [2.45, 2.75) is 146 Å². The third-order valence-electron chi connectivity index (χ3n) is 13.8. The summed E-state index contributed by atoms with van der Waals surface area (Å²) in [5, 5.41) is 79.3. The van der Waals surface area contributed by atoms with Crippen LogP contribution in [0.2, 0.25) is 0 Å². The number of hydrogen-bond acceptors (Lipinski definition) is 16. The first-order chi connectivity index (χ1) is 38.8. The highest BCUT2D eigenvalue weighted by atomic mass is 16.4. The topological polar surface area (TPSA) is 453 Å². The standard InChI is InChI=1S/C55H78N12O15/c1-5-29(2)43(64-52(79)45(31(4)70)65-46(73)37(56)13-9-23-59-55(57)58)50(77)63-41(28-68)48(75)60-38(25-33-15-19-35(71)20-16-33)47(74)66-44(30(3)69)51(78)61-39(26-34-17-21-36(72)22-18-34)53(80)67-24-10-14-42(67)49(76)62-40(54(81)82)27-32-11-7-6-8-12-32/h6-8,11-12,15-22,29-31,37-45,68-72H,5,9-10,13-14,23-28,56H2,1-4H3,(H,60,75)(H,61,78)(H,62,76)(H,63,77)(H,64,79)(H,65,73)(H,66,74)(H,81,82)(H4,57,58,59)/t29-,30+,31+,37-,38-,39-,40-,41-,42-,43-,44-,45-/m0/s1. The van der Waals surface area contributed by atoms with Crippen molar-refractivity contribution >= 4 is 59.2 Å². The number of amides is 8. The number of nitrogens with zero attached hydrogens (tertiary/aromatic N) is 2. The van der Waals surface area contributed by atoms with Crippen molar-refractivity contribution in [3.63, 3.8) is 0 Å². The maximum Gasteiger partial charge on any atom is 0.326 e. The molecule has 1 aliphatic rings. The molecule has 0 unspecified atom stereocenters. The average Bonchev–Trinajstić information content (AvgIpc) is 4.05. The molecular formula is C55H78N12O15. The molecule has 1 heterocycles. The summed E-state index contributed by atoms with van der Waals surface area (Å²) in [6.07, 6.45) is -2.61. The van der Waals surface area contributed by atoms with Gasteiger partial charge in [-0.1, -0.05) is 74.9 Å². The first-order valence-electron chi connectivity index (χ1n) is 26.9. The molecule has 0 aromatic heterocycles. The van der Waals surface area contributed by atoms with Gasteiger partial charge in [0, 0.05) is 32.4 Å². The van der Waals surface area contributed by atoms with Crippen LogP contribution in [0.3, 0.4) is 0 Å². The molecule has 8 amide bonds. The second-order valence-electron chi connectivity index (χ2n) is 20.3. The van der Waals surface area contributed by atoms with Crippen LogP contribution in [0.5, 0.6) is 11.5 Å². The molecule has 27 nitrogen and oxygen atoms in total. The molecular weight excluding hydrogens is 1070 g/mol. The van der Waals surface area contributed by atoms with Crippen molar-refractivity contribution in [3.05, 3.63) is 95.6 Å². The predicted octanol–water partition coefficient (Wildman–Crippen LogP) is -3.22. The summed E-state index contributed by atoms with van der Waals surface area (Å²) in [6.45, 7) is 4.84. The van der Waals surface area contributed by atoms with Gasteiger partial charge in [0.05, 0.1) is 24.9 Å². The zero-order chi connectivity index (χ0) is 60.8. The summed E-state index contributed by atoms with van der Waals surface area (Å²) in [5.41, 5.74) is 18.1. The van der Waals surface area contributed by atoms with Gasteiger partial charge >= 0.3 is 5.97 Å². The number of phenols is 2. The Kier molecular flexibility index (Phi) is 25.9. The zero-order valence-corrected chi connectivity index (χ0v) is 46.2. The lowest BCUT2D eigenvalue weighted by molar-refractivity contribution is -0.145. The van der Waals surface area contributed by atoms with Crippen LogP contribution < -0.4 is 54.4 Å². The van der Waals surface area contributed by atoms with E-state index in [4.69, 9.17) is 17.2 Å². The lowest BCUT2D eigenvalue weighted by Gasteiger charge is -2.31. The van der Waals surface area contributed by atoms with Gasteiger partial charge in [-0.05, 0) is 86.4 Å². The van der Waals surface area contributed by atoms with E-state index < -0.39 is 132 Å². The molecule has 3 aromatic carbocycles. The van der Waals surface area contributed by atoms with Crippen LogP contribution in [0.1, 0.15) is 76.5 Å². The van der Waals surface area contributed by atoms with Gasteiger partial charge in [-0.15, -0.1) is 0 Å². The van der Waals surface area contributed by atoms with Crippen LogP contribution in [0, 0.1) is 5.92 Å². The number of carbonyl (C=O) groups is 9. The number of rotatable bonds is 31. The number of carboxylic acids is 1. The van der Waals surface area contributed by atoms with Gasteiger partial charge in [0.2, 0.25) is 47.3 Å². The maximum absolute atomic E-state index is 14.6. The van der Waals surface area contributed by atoms with Crippen LogP contribution in [-0.2, 0) is 62.4 Å². The molecule has 0 saturated carbocycles. The minimum atomic E-state index is -1.84. The number of phenolic OH excluding ortho intramolecular Hbond substituents is 2. The summed E-state index contributed by atoms with van der Waals surface area (Å²) in [5.74, 6) is -9.96. The Hall–Kier alpha value is -8.40. The van der Waals surface area contributed by atoms with Crippen LogP contribution in [0.15, 0.2) is 83.9 Å². The lowest BCUT2D eigenvalue weighted by atomic mass is 9.97. The molecule has 12 atom stereocenters. The van der Waals surface area contributed by atoms with Gasteiger partial charge < -0.3 is 90.0 Å². The molecule has 19 N–H and O–H groups in total. The van der Waals surface area contributed by atoms with Crippen LogP contribution in [0.25, 0.3) is 0 Å². The molecule has 1 saturated heterocycles. The van der Waals surface area contributed by atoms with E-state index in [9.17, 15) is 73.8 Å². The van der Waals surface area contributed by atoms with Gasteiger partial charge in [-0.3, -0.25) is 43.3 Å². The number of aliphatic hydroxyl groups excluding tert-OH is 3. The van der Waals surface area contributed by atoms with Gasteiger partial charge in [0.25, 0.3) is 0 Å². The number of likely N-dealkylation sites (tertiary alicyclic amines) is 1. The Balaban J connectivity index is 1.56. The van der Waals surface area contributed by atoms with E-state index >= 15 is 0 Å². The number of nitrogens with two attached hydrogens (primary N) is 3. The Morgan fingerprint density at radius 3 is 1.60 bits per heavy atom. The number of aliphatic imine (C=N–C) groups is 1. The Morgan fingerprint density at radius 2 is 1.07 bits per heavy atom. The molecule has 0 aliphatic carbocycles. The summed E-state index contributed by atoms with van der Waals surface area (Å²) < 4.78 is 0. The Bertz CT molecular complexity index is 2680. The third kappa shape index (κ3) is 20.3. The van der Waals surface area contributed by atoms with E-state index in [-0.39, 0.29) is 69.1 Å². The normalized spacial score (nSPS) is 17.0. The van der Waals surface area contributed by atoms with Crippen molar-refractivity contribution in [1.82, 2.24) is 42.1 Å². The molecule has 3 aromatic rings. The van der Waals surface area contributed by atoms with E-state index in [2.05, 4.69) is 42.2 Å². The van der Waals surface area contributed by atoms with Crippen LogP contribution in [0.4, 0.5) is 0 Å². The Labute approximate surface area is 474 Å². The maximum atomic E-state index is 14.6. The Morgan fingerprint density at radius 1 is 0.610 bits per heavy atom. The van der Waals surface area contributed by atoms with Crippen molar-refractivity contribution in [2.75, 3.05) is 19.7 Å². The molecule has 0 spiro atoms. The molecule has 82 heavy (non-hydrogen) atoms. The number of guanidine groups is 1. The fourth-order valence-electron chi connectivity index (χ4n) is 8.88. The largest absolute Gasteiger partial charge is 0.508 e. The van der Waals surface area contributed by atoms with Gasteiger partial charge in [-0.25, -0.2) is 4.79 Å². The SMILES string of the molecule is CC[C@H](C)[C@H](NC(=O)[C@@H](NC(=O)[C@@H](N)CCCN=C(N)N)[C@@H](C)O)C(=O)N[C@@H](CO)C(=O)N[C@@H](Cc1ccc(O)cc1)C(=O)N[C@H](C(=O)N[C@@H](Cc1ccc(O)cc1)C(=O)N1CCC[C@H]1C(=O)N[C@@H](Cc1ccccc1)C(=O)O)[C@@H](C)O. The number of hydrogen-bond donors (Lipinski definition) is 16. The number of nitrogens with one attached hydrogen (secondary N) is 7. The van der Waals surface area contributed by atoms with Crippen molar-refractivity contribution < 1.29 is 73.8 Å². The summed E-state index contributed by atoms with van der Waals surface area (Å²) >= 11 is 0. The average molecular weight is 1150 g/mol. The lowest BCUT2D eigenvalue weighted by Crippen LogP contribution is -2.63.